The molecule has 5 nitrogen and oxygen atoms in total. The number of halogens is 1. The summed E-state index contributed by atoms with van der Waals surface area (Å²) in [6, 6.07) is 16.9. The molecule has 2 heterocycles. The molecule has 0 aliphatic carbocycles. The lowest BCUT2D eigenvalue weighted by Crippen LogP contribution is -2.29. The van der Waals surface area contributed by atoms with E-state index in [-0.39, 0.29) is 11.7 Å². The largest absolute Gasteiger partial charge is 0.459 e. The van der Waals surface area contributed by atoms with Gasteiger partial charge in [0.25, 0.3) is 5.91 Å². The Morgan fingerprint density at radius 2 is 2.00 bits per heavy atom. The van der Waals surface area contributed by atoms with E-state index in [0.29, 0.717) is 15.9 Å². The lowest BCUT2D eigenvalue weighted by molar-refractivity contribution is 0.0996. The maximum absolute atomic E-state index is 12.5. The van der Waals surface area contributed by atoms with Crippen LogP contribution in [0.1, 0.15) is 29.5 Å². The predicted molar refractivity (Wildman–Crippen MR) is 120 cm³/mol. The predicted octanol–water partition coefficient (Wildman–Crippen LogP) is 5.52. The second kappa shape index (κ2) is 7.97. The maximum Gasteiger partial charge on any atom is 0.291 e. The Kier molecular flexibility index (Phi) is 5.39. The molecule has 1 amide bonds. The smallest absolute Gasteiger partial charge is 0.291 e. The summed E-state index contributed by atoms with van der Waals surface area (Å²) in [6.07, 6.45) is 2.33. The molecule has 7 heteroatoms. The number of thioether (sulfide) groups is 1. The van der Waals surface area contributed by atoms with Gasteiger partial charge >= 0.3 is 0 Å². The quantitative estimate of drug-likeness (QED) is 0.576. The summed E-state index contributed by atoms with van der Waals surface area (Å²) < 4.78 is 5.21. The first kappa shape index (κ1) is 19.6. The molecule has 1 aliphatic heterocycles. The third kappa shape index (κ3) is 4.33. The van der Waals surface area contributed by atoms with E-state index >= 15 is 0 Å². The van der Waals surface area contributed by atoms with Gasteiger partial charge in [0.15, 0.2) is 10.9 Å². The molecule has 0 spiro atoms. The molecule has 4 rings (SSSR count). The fraction of sp³-hybridized carbons (Fsp3) is 0.182. The number of nitrogens with zero attached hydrogens (tertiary/aromatic N) is 1. The minimum absolute atomic E-state index is 0.256. The first-order valence-corrected chi connectivity index (χ1v) is 10.5. The zero-order valence-corrected chi connectivity index (χ0v) is 17.4. The number of aliphatic imine (C=N–C) groups is 1. The van der Waals surface area contributed by atoms with Gasteiger partial charge in [-0.15, -0.1) is 0 Å². The lowest BCUT2D eigenvalue weighted by Gasteiger charge is -2.30. The van der Waals surface area contributed by atoms with Gasteiger partial charge < -0.3 is 15.5 Å². The molecular formula is C22H20ClN3O2S. The zero-order valence-electron chi connectivity index (χ0n) is 15.8. The second-order valence-corrected chi connectivity index (χ2v) is 8.61. The second-order valence-electron chi connectivity index (χ2n) is 7.06. The van der Waals surface area contributed by atoms with Crippen molar-refractivity contribution in [3.8, 4) is 11.1 Å². The van der Waals surface area contributed by atoms with Gasteiger partial charge in [0.1, 0.15) is 0 Å². The summed E-state index contributed by atoms with van der Waals surface area (Å²) in [5, 5.41) is 4.18. The van der Waals surface area contributed by atoms with Gasteiger partial charge in [-0.25, -0.2) is 0 Å². The Labute approximate surface area is 178 Å². The molecule has 1 unspecified atom stereocenters. The summed E-state index contributed by atoms with van der Waals surface area (Å²) in [6.45, 7) is 2.07. The van der Waals surface area contributed by atoms with Crippen molar-refractivity contribution in [2.24, 2.45) is 10.7 Å². The Morgan fingerprint density at radius 3 is 2.69 bits per heavy atom. The van der Waals surface area contributed by atoms with Gasteiger partial charge in [-0.05, 0) is 72.5 Å². The summed E-state index contributed by atoms with van der Waals surface area (Å²) in [5.41, 5.74) is 9.17. The number of anilines is 1. The number of hydrogen-bond donors (Lipinski definition) is 2. The van der Waals surface area contributed by atoms with Gasteiger partial charge in [-0.3, -0.25) is 9.79 Å². The maximum atomic E-state index is 12.5. The number of nitrogens with one attached hydrogen (secondary N) is 1. The Balaban J connectivity index is 1.78. The van der Waals surface area contributed by atoms with E-state index in [0.717, 1.165) is 28.9 Å². The van der Waals surface area contributed by atoms with E-state index in [1.807, 2.05) is 36.4 Å². The van der Waals surface area contributed by atoms with Crippen molar-refractivity contribution in [1.29, 1.82) is 0 Å². The summed E-state index contributed by atoms with van der Waals surface area (Å²) in [5.74, 6) is 0.845. The third-order valence-electron chi connectivity index (χ3n) is 4.93. The number of benzene rings is 2. The van der Waals surface area contributed by atoms with Crippen molar-refractivity contribution in [2.75, 3.05) is 11.1 Å². The average molecular weight is 426 g/mol. The van der Waals surface area contributed by atoms with E-state index in [1.165, 1.54) is 6.26 Å². The number of amides is 1. The molecule has 1 atom stereocenters. The van der Waals surface area contributed by atoms with Crippen LogP contribution in [0.15, 0.2) is 70.3 Å². The van der Waals surface area contributed by atoms with Crippen LogP contribution in [0.2, 0.25) is 5.02 Å². The highest BCUT2D eigenvalue weighted by atomic mass is 35.5. The van der Waals surface area contributed by atoms with Crippen LogP contribution >= 0.6 is 23.4 Å². The standard InChI is InChI=1S/C22H20ClN3O2S/c1-22(8-10-29-21(24)26-22)16-11-15(14-4-6-17(23)7-5-14)12-18(13-16)25-20(27)19-3-2-9-28-19/h2-7,9,11-13H,8,10H2,1H3,(H2,24,26)(H,25,27). The van der Waals surface area contributed by atoms with E-state index < -0.39 is 5.54 Å². The summed E-state index contributed by atoms with van der Waals surface area (Å²) in [7, 11) is 0. The van der Waals surface area contributed by atoms with E-state index in [4.69, 9.17) is 26.7 Å². The fourth-order valence-electron chi connectivity index (χ4n) is 3.31. The van der Waals surface area contributed by atoms with Crippen molar-refractivity contribution in [2.45, 2.75) is 18.9 Å². The lowest BCUT2D eigenvalue weighted by atomic mass is 9.87. The Morgan fingerprint density at radius 1 is 1.21 bits per heavy atom. The van der Waals surface area contributed by atoms with Gasteiger partial charge in [-0.1, -0.05) is 35.5 Å². The van der Waals surface area contributed by atoms with E-state index in [9.17, 15) is 4.79 Å². The number of nitrogens with two attached hydrogens (primary N) is 1. The molecule has 29 heavy (non-hydrogen) atoms. The molecule has 148 valence electrons. The van der Waals surface area contributed by atoms with Crippen LogP contribution in [0.3, 0.4) is 0 Å². The van der Waals surface area contributed by atoms with Crippen LogP contribution in [0.4, 0.5) is 5.69 Å². The van der Waals surface area contributed by atoms with Gasteiger partial charge in [0, 0.05) is 16.5 Å². The minimum atomic E-state index is -0.456. The summed E-state index contributed by atoms with van der Waals surface area (Å²) in [4.78, 5) is 17.2. The van der Waals surface area contributed by atoms with Crippen LogP contribution in [-0.2, 0) is 5.54 Å². The van der Waals surface area contributed by atoms with E-state index in [1.54, 1.807) is 23.9 Å². The molecule has 0 radical (unpaired) electrons. The molecule has 3 aromatic rings. The highest BCUT2D eigenvalue weighted by Gasteiger charge is 2.30. The third-order valence-corrected chi connectivity index (χ3v) is 5.98. The molecule has 0 bridgehead atoms. The molecule has 0 saturated carbocycles. The van der Waals surface area contributed by atoms with E-state index in [2.05, 4.69) is 18.3 Å². The Hall–Kier alpha value is -2.70. The van der Waals surface area contributed by atoms with Crippen LogP contribution in [-0.4, -0.2) is 16.8 Å². The molecule has 0 fully saturated rings. The first-order chi connectivity index (χ1) is 13.9. The fourth-order valence-corrected chi connectivity index (χ4v) is 4.42. The Bertz CT molecular complexity index is 1060. The van der Waals surface area contributed by atoms with Crippen molar-refractivity contribution in [3.63, 3.8) is 0 Å². The van der Waals surface area contributed by atoms with Gasteiger partial charge in [0.2, 0.25) is 0 Å². The summed E-state index contributed by atoms with van der Waals surface area (Å²) >= 11 is 7.61. The minimum Gasteiger partial charge on any atom is -0.459 e. The topological polar surface area (TPSA) is 80.6 Å². The van der Waals surface area contributed by atoms with Crippen molar-refractivity contribution >= 4 is 40.1 Å². The number of hydrogen-bond acceptors (Lipinski definition) is 5. The van der Waals surface area contributed by atoms with Gasteiger partial charge in [-0.2, -0.15) is 0 Å². The van der Waals surface area contributed by atoms with Crippen LogP contribution in [0.25, 0.3) is 11.1 Å². The van der Waals surface area contributed by atoms with Gasteiger partial charge in [0.05, 0.1) is 11.8 Å². The monoisotopic (exact) mass is 425 g/mol. The molecule has 1 aromatic heterocycles. The zero-order chi connectivity index (χ0) is 20.4. The van der Waals surface area contributed by atoms with Crippen molar-refractivity contribution < 1.29 is 9.21 Å². The normalized spacial score (nSPS) is 18.9. The molecular weight excluding hydrogens is 406 g/mol. The van der Waals surface area contributed by atoms with Crippen LogP contribution in [0.5, 0.6) is 0 Å². The molecule has 1 aliphatic rings. The SMILES string of the molecule is CC1(c2cc(NC(=O)c3ccco3)cc(-c3ccc(Cl)cc3)c2)CCSC(N)=N1. The molecule has 0 saturated heterocycles. The molecule has 3 N–H and O–H groups in total. The number of carbonyl (C=O) groups is 1. The first-order valence-electron chi connectivity index (χ1n) is 9.17. The van der Waals surface area contributed by atoms with Crippen LogP contribution < -0.4 is 11.1 Å². The highest BCUT2D eigenvalue weighted by molar-refractivity contribution is 8.13. The van der Waals surface area contributed by atoms with Crippen LogP contribution in [0, 0.1) is 0 Å². The number of carbonyl (C=O) groups excluding carboxylic acids is 1. The average Bonchev–Trinajstić information content (AvgIpc) is 3.23. The number of amidine groups is 1. The molecule has 2 aromatic carbocycles. The highest BCUT2D eigenvalue weighted by Crippen LogP contribution is 2.38. The number of rotatable bonds is 4. The van der Waals surface area contributed by atoms with Crippen molar-refractivity contribution in [3.05, 3.63) is 77.2 Å². The number of furan rings is 1. The van der Waals surface area contributed by atoms with Crippen molar-refractivity contribution in [1.82, 2.24) is 0 Å².